The van der Waals surface area contributed by atoms with Crippen LogP contribution in [0, 0.1) is 0 Å². The first-order chi connectivity index (χ1) is 13.9. The maximum Gasteiger partial charge on any atom is 0.335 e. The van der Waals surface area contributed by atoms with Crippen LogP contribution in [-0.2, 0) is 11.3 Å². The number of hydrogen-bond donors (Lipinski definition) is 2. The summed E-state index contributed by atoms with van der Waals surface area (Å²) < 4.78 is 5.43. The van der Waals surface area contributed by atoms with E-state index in [1.54, 1.807) is 60.7 Å². The van der Waals surface area contributed by atoms with Gasteiger partial charge < -0.3 is 14.9 Å². The molecule has 0 heterocycles. The molecule has 5 heteroatoms. The van der Waals surface area contributed by atoms with Gasteiger partial charge in [-0.15, -0.1) is 0 Å². The van der Waals surface area contributed by atoms with Gasteiger partial charge in [-0.05, 0) is 43.7 Å². The van der Waals surface area contributed by atoms with Crippen molar-refractivity contribution in [3.63, 3.8) is 0 Å². The van der Waals surface area contributed by atoms with Crippen LogP contribution in [0.2, 0.25) is 0 Å². The highest BCUT2D eigenvalue weighted by atomic mass is 16.5. The Kier molecular flexibility index (Phi) is 11.1. The van der Waals surface area contributed by atoms with Crippen molar-refractivity contribution >= 4 is 11.9 Å². The minimum absolute atomic E-state index is 0.315. The van der Waals surface area contributed by atoms with Crippen molar-refractivity contribution in [3.8, 4) is 0 Å². The molecule has 0 unspecified atom stereocenters. The molecule has 0 amide bonds. The minimum atomic E-state index is -0.879. The third-order valence-corrected chi connectivity index (χ3v) is 3.47. The first-order valence-corrected chi connectivity index (χ1v) is 9.12. The number of aromatic carboxylic acids is 2. The predicted molar refractivity (Wildman–Crippen MR) is 113 cm³/mol. The fraction of sp³-hybridized carbons (Fsp3) is 0.167. The van der Waals surface area contributed by atoms with E-state index in [1.165, 1.54) is 5.56 Å². The molecule has 3 aromatic rings. The van der Waals surface area contributed by atoms with Crippen LogP contribution in [0.25, 0.3) is 0 Å². The smallest absolute Gasteiger partial charge is 0.335 e. The van der Waals surface area contributed by atoms with E-state index in [0.29, 0.717) is 17.2 Å². The number of rotatable bonds is 5. The molecule has 0 bridgehead atoms. The lowest BCUT2D eigenvalue weighted by atomic mass is 10.2. The van der Waals surface area contributed by atoms with E-state index in [4.69, 9.17) is 14.9 Å². The van der Waals surface area contributed by atoms with E-state index in [2.05, 4.69) is 12.1 Å². The van der Waals surface area contributed by atoms with E-state index >= 15 is 0 Å². The summed E-state index contributed by atoms with van der Waals surface area (Å²) in [4.78, 5) is 20.4. The second-order valence-corrected chi connectivity index (χ2v) is 6.19. The highest BCUT2D eigenvalue weighted by Gasteiger charge is 1.97. The summed E-state index contributed by atoms with van der Waals surface area (Å²) >= 11 is 0. The lowest BCUT2D eigenvalue weighted by Crippen LogP contribution is -2.01. The van der Waals surface area contributed by atoms with Gasteiger partial charge in [-0.3, -0.25) is 0 Å². The quantitative estimate of drug-likeness (QED) is 0.607. The molecule has 0 fully saturated rings. The van der Waals surface area contributed by atoms with Crippen LogP contribution in [0.1, 0.15) is 40.1 Å². The van der Waals surface area contributed by atoms with Crippen LogP contribution < -0.4 is 0 Å². The van der Waals surface area contributed by atoms with E-state index in [1.807, 2.05) is 32.0 Å². The Labute approximate surface area is 171 Å². The summed E-state index contributed by atoms with van der Waals surface area (Å²) in [7, 11) is 0. The summed E-state index contributed by atoms with van der Waals surface area (Å²) in [5.41, 5.74) is 1.90. The standard InChI is InChI=1S/C10H14O.2C7H6O2/c1-9(2)11-8-10-6-4-3-5-7-10;2*8-7(9)6-4-2-1-3-5-6/h3-7,9H,8H2,1-2H3;2*1-5H,(H,8,9). The molecule has 0 saturated heterocycles. The van der Waals surface area contributed by atoms with Crippen molar-refractivity contribution in [2.45, 2.75) is 26.6 Å². The molecule has 0 atom stereocenters. The molecule has 29 heavy (non-hydrogen) atoms. The fourth-order valence-corrected chi connectivity index (χ4v) is 2.00. The molecule has 5 nitrogen and oxygen atoms in total. The molecule has 0 aliphatic heterocycles. The third-order valence-electron chi connectivity index (χ3n) is 3.47. The maximum atomic E-state index is 10.2. The third kappa shape index (κ3) is 11.1. The Morgan fingerprint density at radius 2 is 1.03 bits per heavy atom. The number of ether oxygens (including phenoxy) is 1. The molecule has 0 aliphatic carbocycles. The zero-order valence-electron chi connectivity index (χ0n) is 16.6. The van der Waals surface area contributed by atoms with Crippen molar-refractivity contribution in [3.05, 3.63) is 108 Å². The average molecular weight is 394 g/mol. The molecule has 0 aromatic heterocycles. The molecule has 0 spiro atoms. The molecular formula is C24H26O5. The second-order valence-electron chi connectivity index (χ2n) is 6.19. The van der Waals surface area contributed by atoms with Gasteiger partial charge in [-0.25, -0.2) is 9.59 Å². The number of carbonyl (C=O) groups is 2. The SMILES string of the molecule is CC(C)OCc1ccccc1.O=C(O)c1ccccc1.O=C(O)c1ccccc1. The van der Waals surface area contributed by atoms with Crippen molar-refractivity contribution < 1.29 is 24.5 Å². The summed E-state index contributed by atoms with van der Waals surface area (Å²) in [6.45, 7) is 4.81. The van der Waals surface area contributed by atoms with E-state index in [0.717, 1.165) is 6.61 Å². The van der Waals surface area contributed by atoms with Gasteiger partial charge in [0, 0.05) is 0 Å². The molecular weight excluding hydrogens is 368 g/mol. The minimum Gasteiger partial charge on any atom is -0.478 e. The van der Waals surface area contributed by atoms with E-state index in [-0.39, 0.29) is 0 Å². The Morgan fingerprint density at radius 3 is 1.31 bits per heavy atom. The number of carboxylic acids is 2. The average Bonchev–Trinajstić information content (AvgIpc) is 2.75. The number of hydrogen-bond acceptors (Lipinski definition) is 3. The molecule has 0 saturated carbocycles. The van der Waals surface area contributed by atoms with Crippen molar-refractivity contribution in [1.29, 1.82) is 0 Å². The van der Waals surface area contributed by atoms with Gasteiger partial charge in [0.1, 0.15) is 0 Å². The summed E-state index contributed by atoms with van der Waals surface area (Å²) in [5, 5.41) is 16.8. The Morgan fingerprint density at radius 1 is 0.690 bits per heavy atom. The van der Waals surface area contributed by atoms with Crippen LogP contribution in [0.5, 0.6) is 0 Å². The van der Waals surface area contributed by atoms with Gasteiger partial charge >= 0.3 is 11.9 Å². The molecule has 3 aromatic carbocycles. The van der Waals surface area contributed by atoms with Gasteiger partial charge in [-0.2, -0.15) is 0 Å². The van der Waals surface area contributed by atoms with Crippen LogP contribution >= 0.6 is 0 Å². The Hall–Kier alpha value is -3.44. The van der Waals surface area contributed by atoms with Gasteiger partial charge in [0.15, 0.2) is 0 Å². The maximum absolute atomic E-state index is 10.2. The summed E-state index contributed by atoms with van der Waals surface area (Å²) in [6, 6.07) is 26.8. The Balaban J connectivity index is 0.000000219. The summed E-state index contributed by atoms with van der Waals surface area (Å²) in [6.07, 6.45) is 0.315. The molecule has 2 N–H and O–H groups in total. The van der Waals surface area contributed by atoms with E-state index in [9.17, 15) is 9.59 Å². The Bertz CT molecular complexity index is 781. The zero-order valence-corrected chi connectivity index (χ0v) is 16.6. The predicted octanol–water partition coefficient (Wildman–Crippen LogP) is 5.38. The zero-order chi connectivity index (χ0) is 21.5. The fourth-order valence-electron chi connectivity index (χ4n) is 2.00. The topological polar surface area (TPSA) is 83.8 Å². The monoisotopic (exact) mass is 394 g/mol. The molecule has 152 valence electrons. The van der Waals surface area contributed by atoms with Gasteiger partial charge in [0.2, 0.25) is 0 Å². The number of benzene rings is 3. The largest absolute Gasteiger partial charge is 0.478 e. The van der Waals surface area contributed by atoms with Crippen LogP contribution in [0.3, 0.4) is 0 Å². The highest BCUT2D eigenvalue weighted by Crippen LogP contribution is 2.02. The van der Waals surface area contributed by atoms with Gasteiger partial charge in [0.25, 0.3) is 0 Å². The van der Waals surface area contributed by atoms with Gasteiger partial charge in [-0.1, -0.05) is 66.7 Å². The van der Waals surface area contributed by atoms with Crippen LogP contribution in [0.15, 0.2) is 91.0 Å². The lowest BCUT2D eigenvalue weighted by molar-refractivity contribution is 0.0656. The molecule has 0 radical (unpaired) electrons. The first-order valence-electron chi connectivity index (χ1n) is 9.12. The molecule has 3 rings (SSSR count). The van der Waals surface area contributed by atoms with Crippen molar-refractivity contribution in [2.24, 2.45) is 0 Å². The van der Waals surface area contributed by atoms with Crippen LogP contribution in [0.4, 0.5) is 0 Å². The second kappa shape index (κ2) is 13.7. The highest BCUT2D eigenvalue weighted by molar-refractivity contribution is 5.87. The molecule has 0 aliphatic rings. The van der Waals surface area contributed by atoms with Gasteiger partial charge in [0.05, 0.1) is 23.8 Å². The van der Waals surface area contributed by atoms with Crippen molar-refractivity contribution in [1.82, 2.24) is 0 Å². The van der Waals surface area contributed by atoms with Crippen molar-refractivity contribution in [2.75, 3.05) is 0 Å². The summed E-state index contributed by atoms with van der Waals surface area (Å²) in [5.74, 6) is -1.76. The van der Waals surface area contributed by atoms with E-state index < -0.39 is 11.9 Å². The van der Waals surface area contributed by atoms with Crippen LogP contribution in [-0.4, -0.2) is 28.3 Å². The first kappa shape index (κ1) is 23.6. The number of carboxylic acid groups (broad SMARTS) is 2. The lowest BCUT2D eigenvalue weighted by Gasteiger charge is -2.06. The normalized spacial score (nSPS) is 9.48.